The Morgan fingerprint density at radius 1 is 0.250 bits per heavy atom. The Bertz CT molecular complexity index is 4590. The van der Waals surface area contributed by atoms with Gasteiger partial charge in [-0.3, -0.25) is 0 Å². The Hall–Kier alpha value is -11.0. The number of carbonyl (C=O) groups excluding carboxylic acids is 3. The molecule has 0 unspecified atom stereocenters. The number of carbonyl (C=O) groups is 3. The van der Waals surface area contributed by atoms with Gasteiger partial charge in [-0.15, -0.1) is 15.3 Å². The summed E-state index contributed by atoms with van der Waals surface area (Å²) >= 11 is 0. The van der Waals surface area contributed by atoms with Crippen molar-refractivity contribution >= 4 is 17.9 Å². The molecule has 0 saturated heterocycles. The number of hydrogen-bond acceptors (Lipinski definition) is 21. The lowest BCUT2D eigenvalue weighted by atomic mass is 9.97. The molecule has 6 aromatic carbocycles. The second-order valence-corrected chi connectivity index (χ2v) is 39.5. The maximum absolute atomic E-state index is 14.0. The van der Waals surface area contributed by atoms with Crippen LogP contribution in [0.4, 0.5) is 0 Å². The molecule has 0 saturated carbocycles. The summed E-state index contributed by atoms with van der Waals surface area (Å²) in [6.07, 6.45) is 31.6. The van der Waals surface area contributed by atoms with E-state index in [4.69, 9.17) is 57.6 Å². The average Bonchev–Trinajstić information content (AvgIpc) is 1.63. The van der Waals surface area contributed by atoms with E-state index >= 15 is 0 Å². The van der Waals surface area contributed by atoms with Crippen LogP contribution in [0.2, 0.25) is 0 Å². The van der Waals surface area contributed by atoms with Crippen molar-refractivity contribution in [3.05, 3.63) is 163 Å². The molecule has 24 heteroatoms. The fraction of sp³-hybridized carbons (Fsp3) is 0.556. The Morgan fingerprint density at radius 2 is 0.455 bits per heavy atom. The number of benzene rings is 6. The summed E-state index contributed by atoms with van der Waals surface area (Å²) in [5.41, 5.74) is 3.55. The summed E-state index contributed by atoms with van der Waals surface area (Å²) in [6, 6.07) is 36.4. The number of rotatable bonds is 60. The molecule has 0 N–H and O–H groups in total. The fourth-order valence-corrected chi connectivity index (χ4v) is 15.6. The van der Waals surface area contributed by atoms with Crippen LogP contribution in [-0.2, 0) is 0 Å². The van der Waals surface area contributed by atoms with E-state index < -0.39 is 17.9 Å². The molecule has 10 rings (SSSR count). The summed E-state index contributed by atoms with van der Waals surface area (Å²) < 4.78 is 61.1. The third-order valence-electron chi connectivity index (χ3n) is 24.4. The summed E-state index contributed by atoms with van der Waals surface area (Å²) in [7, 11) is 0. The number of ether oxygens (including phenoxy) is 9. The molecule has 6 atom stereocenters. The highest BCUT2D eigenvalue weighted by Crippen LogP contribution is 2.37. The van der Waals surface area contributed by atoms with Crippen LogP contribution in [0.15, 0.2) is 146 Å². The monoisotopic (exact) mass is 1810 g/mol. The molecule has 0 aliphatic rings. The first kappa shape index (κ1) is 103. The highest BCUT2D eigenvalue weighted by molar-refractivity contribution is 5.93. The zero-order valence-corrected chi connectivity index (χ0v) is 82.3. The van der Waals surface area contributed by atoms with Gasteiger partial charge in [0.2, 0.25) is 0 Å². The molecule has 714 valence electrons. The smallest absolute Gasteiger partial charge is 0.343 e. The quantitative estimate of drug-likeness (QED) is 0.0253. The Morgan fingerprint density at radius 3 is 0.659 bits per heavy atom. The summed E-state index contributed by atoms with van der Waals surface area (Å²) in [5, 5.41) is 27.2. The predicted molar refractivity (Wildman–Crippen MR) is 523 cm³/mol. The SMILES string of the molecule is CC(C)CCC[C@H](C)CCOc1ccc(C(=O)Oc2ccc(-n3cc(-c4nc(-c5cn(-c6ccc(OC(=O)c7ccc(OCC[C@@H](C)CCCC(C)C)c(OCC[C@@H](C)CCCC(C)C)c7)cc6)nn5)nc(-c5cn(-c6ccc(OC(=O)c7ccc(OCC[C@@H](C)CCCC(C)C)c(OCC[C@@H](C)CCCC(C)C)c7)cc6)nn5)n4)nn3)cc2)cc1OCC[C@@H](C)CCCC(C)C. The summed E-state index contributed by atoms with van der Waals surface area (Å²) in [6.45, 7) is 43.9. The molecule has 0 radical (unpaired) electrons. The van der Waals surface area contributed by atoms with Gasteiger partial charge >= 0.3 is 17.9 Å². The van der Waals surface area contributed by atoms with Gasteiger partial charge in [-0.05, 0) is 237 Å². The molecule has 24 nitrogen and oxygen atoms in total. The largest absolute Gasteiger partial charge is 0.490 e. The van der Waals surface area contributed by atoms with E-state index in [1.165, 1.54) is 77.0 Å². The Balaban J connectivity index is 0.869. The van der Waals surface area contributed by atoms with E-state index in [1.807, 2.05) is 0 Å². The lowest BCUT2D eigenvalue weighted by molar-refractivity contribution is 0.0724. The van der Waals surface area contributed by atoms with Crippen molar-refractivity contribution < 1.29 is 57.0 Å². The van der Waals surface area contributed by atoms with Crippen LogP contribution in [-0.4, -0.2) is 117 Å². The molecule has 132 heavy (non-hydrogen) atoms. The summed E-state index contributed by atoms with van der Waals surface area (Å²) in [4.78, 5) is 56.8. The van der Waals surface area contributed by atoms with Crippen molar-refractivity contribution in [1.82, 2.24) is 59.9 Å². The van der Waals surface area contributed by atoms with Crippen molar-refractivity contribution in [2.24, 2.45) is 71.0 Å². The molecular weight excluding hydrogens is 1660 g/mol. The van der Waals surface area contributed by atoms with Crippen LogP contribution in [0, 0.1) is 71.0 Å². The molecule has 0 aliphatic heterocycles. The molecule has 4 heterocycles. The van der Waals surface area contributed by atoms with E-state index in [0.717, 1.165) is 77.0 Å². The minimum Gasteiger partial charge on any atom is -0.490 e. The highest BCUT2D eigenvalue weighted by atomic mass is 16.6. The van der Waals surface area contributed by atoms with Crippen molar-refractivity contribution in [3.8, 4) is 103 Å². The molecule has 0 aliphatic carbocycles. The highest BCUT2D eigenvalue weighted by Gasteiger charge is 2.25. The molecule has 0 amide bonds. The second kappa shape index (κ2) is 53.6. The lowest BCUT2D eigenvalue weighted by Gasteiger charge is -2.17. The first-order valence-electron chi connectivity index (χ1n) is 49.2. The van der Waals surface area contributed by atoms with Gasteiger partial charge in [0.05, 0.1) is 92.0 Å². The van der Waals surface area contributed by atoms with E-state index in [1.54, 1.807) is 160 Å². The predicted octanol–water partition coefficient (Wildman–Crippen LogP) is 26.7. The van der Waals surface area contributed by atoms with Gasteiger partial charge in [0, 0.05) is 0 Å². The van der Waals surface area contributed by atoms with E-state index in [9.17, 15) is 14.4 Å². The van der Waals surface area contributed by atoms with Crippen molar-refractivity contribution in [2.75, 3.05) is 39.6 Å². The summed E-state index contributed by atoms with van der Waals surface area (Å²) in [5.74, 6) is 10.0. The van der Waals surface area contributed by atoms with Crippen LogP contribution in [0.5, 0.6) is 51.7 Å². The second-order valence-electron chi connectivity index (χ2n) is 39.5. The number of nitrogens with zero attached hydrogens (tertiary/aromatic N) is 12. The number of hydrogen-bond donors (Lipinski definition) is 0. The third kappa shape index (κ3) is 35.2. The maximum atomic E-state index is 14.0. The zero-order valence-electron chi connectivity index (χ0n) is 82.3. The van der Waals surface area contributed by atoms with Crippen molar-refractivity contribution in [3.63, 3.8) is 0 Å². The molecule has 10 aromatic rings. The maximum Gasteiger partial charge on any atom is 0.343 e. The van der Waals surface area contributed by atoms with E-state index in [2.05, 4.69) is 156 Å². The Labute approximate surface area is 785 Å². The van der Waals surface area contributed by atoms with E-state index in [-0.39, 0.29) is 34.6 Å². The lowest BCUT2D eigenvalue weighted by Crippen LogP contribution is -2.11. The standard InChI is InChI=1S/C108H150N12O12/c1-73(2)25-19-31-79(13)55-61-124-97-52-37-85(67-100(97)127-64-58-82(16)34-22-28-76(7)8)106(121)130-91-46-40-88(41-47-91)118-70-94(112-115-118)103-109-104(95-71-119(116-113-95)89-42-48-92(49-43-89)131-107(122)86-38-53-98(125-62-56-80(14)32-20-26-74(3)4)101(68-86)128-65-59-83(17)35-23-29-77(9)10)111-105(110-103)96-72-120(117-114-96)90-44-50-93(51-45-90)132-108(123)87-39-54-99(126-63-57-81(15)33-21-27-75(5)6)102(69-87)129-66-60-84(18)36-24-30-78(11)12/h37-54,67-84H,19-36,55-66H2,1-18H3/t79-,80-,81-,82-,83-,84-/m0/s1. The Kier molecular flexibility index (Phi) is 41.9. The van der Waals surface area contributed by atoms with Gasteiger partial charge < -0.3 is 42.6 Å². The number of aromatic nitrogens is 12. The van der Waals surface area contributed by atoms with Gasteiger partial charge in [-0.1, -0.05) is 256 Å². The van der Waals surface area contributed by atoms with Gasteiger partial charge in [0.1, 0.15) is 17.2 Å². The van der Waals surface area contributed by atoms with Gasteiger partial charge in [-0.25, -0.2) is 43.4 Å². The topological polar surface area (TPSA) is 265 Å². The minimum atomic E-state index is -0.553. The van der Waals surface area contributed by atoms with Crippen LogP contribution in [0.3, 0.4) is 0 Å². The number of esters is 3. The molecular formula is C108H150N12O12. The van der Waals surface area contributed by atoms with E-state index in [0.29, 0.717) is 196 Å². The normalized spacial score (nSPS) is 13.1. The van der Waals surface area contributed by atoms with Crippen LogP contribution in [0.1, 0.15) is 310 Å². The molecule has 4 aromatic heterocycles. The molecule has 0 spiro atoms. The van der Waals surface area contributed by atoms with Crippen molar-refractivity contribution in [2.45, 2.75) is 279 Å². The first-order chi connectivity index (χ1) is 63.5. The third-order valence-corrected chi connectivity index (χ3v) is 24.4. The minimum absolute atomic E-state index is 0.122. The zero-order chi connectivity index (χ0) is 94.4. The fourth-order valence-electron chi connectivity index (χ4n) is 15.6. The first-order valence-corrected chi connectivity index (χ1v) is 49.2. The molecule has 0 fully saturated rings. The van der Waals surface area contributed by atoms with Crippen LogP contribution < -0.4 is 42.6 Å². The van der Waals surface area contributed by atoms with Gasteiger partial charge in [-0.2, -0.15) is 0 Å². The van der Waals surface area contributed by atoms with Gasteiger partial charge in [0.25, 0.3) is 0 Å². The van der Waals surface area contributed by atoms with Crippen molar-refractivity contribution in [1.29, 1.82) is 0 Å². The average molecular weight is 1810 g/mol. The van der Waals surface area contributed by atoms with Crippen LogP contribution >= 0.6 is 0 Å². The van der Waals surface area contributed by atoms with Crippen LogP contribution in [0.25, 0.3) is 51.6 Å². The molecule has 0 bridgehead atoms. The van der Waals surface area contributed by atoms with Gasteiger partial charge in [0.15, 0.2) is 69.1 Å².